The molecule has 0 bridgehead atoms. The van der Waals surface area contributed by atoms with Crippen LogP contribution in [0.1, 0.15) is 27.2 Å². The molecule has 0 amide bonds. The molecule has 0 heterocycles. The summed E-state index contributed by atoms with van der Waals surface area (Å²) in [5, 5.41) is 17.9. The van der Waals surface area contributed by atoms with Crippen LogP contribution in [0, 0.1) is 11.8 Å². The highest BCUT2D eigenvalue weighted by Gasteiger charge is 2.19. The molecular formula is C8H18O2. The summed E-state index contributed by atoms with van der Waals surface area (Å²) in [6, 6.07) is 0. The zero-order chi connectivity index (χ0) is 8.15. The first-order chi connectivity index (χ1) is 4.63. The van der Waals surface area contributed by atoms with E-state index in [1.807, 2.05) is 6.92 Å². The Hall–Kier alpha value is -0.0800. The van der Waals surface area contributed by atoms with Crippen molar-refractivity contribution in [1.29, 1.82) is 0 Å². The smallest absolute Gasteiger partial charge is 0.0801 e. The Balaban J connectivity index is 3.80. The summed E-state index contributed by atoms with van der Waals surface area (Å²) in [5.41, 5.74) is 0. The minimum absolute atomic E-state index is 0.114. The van der Waals surface area contributed by atoms with Gasteiger partial charge in [0.1, 0.15) is 0 Å². The maximum Gasteiger partial charge on any atom is 0.0801 e. The lowest BCUT2D eigenvalue weighted by Crippen LogP contribution is -2.27. The molecule has 0 aliphatic carbocycles. The number of rotatable bonds is 4. The van der Waals surface area contributed by atoms with Crippen molar-refractivity contribution in [3.63, 3.8) is 0 Å². The summed E-state index contributed by atoms with van der Waals surface area (Å²) >= 11 is 0. The largest absolute Gasteiger partial charge is 0.394 e. The second-order valence-corrected chi connectivity index (χ2v) is 3.07. The monoisotopic (exact) mass is 146 g/mol. The van der Waals surface area contributed by atoms with Crippen LogP contribution in [0.5, 0.6) is 0 Å². The predicted molar refractivity (Wildman–Crippen MR) is 41.7 cm³/mol. The molecule has 0 rings (SSSR count). The third-order valence-electron chi connectivity index (χ3n) is 2.01. The third-order valence-corrected chi connectivity index (χ3v) is 2.01. The summed E-state index contributed by atoms with van der Waals surface area (Å²) in [6.45, 7) is 6.04. The molecule has 0 fully saturated rings. The normalized spacial score (nSPS) is 17.4. The molecule has 2 nitrogen and oxygen atoms in total. The van der Waals surface area contributed by atoms with Crippen LogP contribution in [0.2, 0.25) is 0 Å². The van der Waals surface area contributed by atoms with E-state index in [4.69, 9.17) is 5.11 Å². The molecule has 0 saturated carbocycles. The molecule has 0 aromatic rings. The van der Waals surface area contributed by atoms with Crippen molar-refractivity contribution in [2.45, 2.75) is 33.3 Å². The number of hydrogen-bond acceptors (Lipinski definition) is 2. The average Bonchev–Trinajstić information content (AvgIpc) is 1.88. The standard InChI is InChI=1S/C8H18O2/c1-4-7(6(2)3)8(10)5-9/h6-10H,4-5H2,1-3H3/t7?,8-/m0/s1. The summed E-state index contributed by atoms with van der Waals surface area (Å²) in [6.07, 6.45) is 0.393. The van der Waals surface area contributed by atoms with E-state index >= 15 is 0 Å². The molecule has 0 saturated heterocycles. The van der Waals surface area contributed by atoms with Crippen LogP contribution in [-0.2, 0) is 0 Å². The number of hydrogen-bond donors (Lipinski definition) is 2. The summed E-state index contributed by atoms with van der Waals surface area (Å²) in [4.78, 5) is 0. The highest BCUT2D eigenvalue weighted by molar-refractivity contribution is 4.69. The van der Waals surface area contributed by atoms with Crippen LogP contribution in [0.3, 0.4) is 0 Å². The molecule has 62 valence electrons. The summed E-state index contributed by atoms with van der Waals surface area (Å²) in [7, 11) is 0. The van der Waals surface area contributed by atoms with Crippen LogP contribution in [-0.4, -0.2) is 22.9 Å². The van der Waals surface area contributed by atoms with E-state index in [1.54, 1.807) is 0 Å². The highest BCUT2D eigenvalue weighted by Crippen LogP contribution is 2.18. The van der Waals surface area contributed by atoms with E-state index < -0.39 is 6.10 Å². The molecule has 2 heteroatoms. The Bertz CT molecular complexity index is 81.3. The van der Waals surface area contributed by atoms with Crippen LogP contribution < -0.4 is 0 Å². The van der Waals surface area contributed by atoms with Crippen LogP contribution in [0.15, 0.2) is 0 Å². The Kier molecular flexibility index (Phi) is 4.65. The van der Waals surface area contributed by atoms with Gasteiger partial charge in [-0.05, 0) is 11.8 Å². The maximum atomic E-state index is 9.24. The van der Waals surface area contributed by atoms with E-state index in [0.717, 1.165) is 6.42 Å². The Labute approximate surface area is 62.9 Å². The van der Waals surface area contributed by atoms with Crippen LogP contribution in [0.4, 0.5) is 0 Å². The Morgan fingerprint density at radius 1 is 1.30 bits per heavy atom. The Morgan fingerprint density at radius 3 is 1.90 bits per heavy atom. The summed E-state index contributed by atoms with van der Waals surface area (Å²) < 4.78 is 0. The molecule has 10 heavy (non-hydrogen) atoms. The van der Waals surface area contributed by atoms with Crippen LogP contribution in [0.25, 0.3) is 0 Å². The lowest BCUT2D eigenvalue weighted by molar-refractivity contribution is 0.0275. The predicted octanol–water partition coefficient (Wildman–Crippen LogP) is 1.02. The van der Waals surface area contributed by atoms with Gasteiger partial charge in [0.25, 0.3) is 0 Å². The van der Waals surface area contributed by atoms with Crippen molar-refractivity contribution >= 4 is 0 Å². The fraction of sp³-hybridized carbons (Fsp3) is 1.00. The second-order valence-electron chi connectivity index (χ2n) is 3.07. The zero-order valence-electron chi connectivity index (χ0n) is 7.04. The summed E-state index contributed by atoms with van der Waals surface area (Å²) in [5.74, 6) is 0.692. The van der Waals surface area contributed by atoms with Crippen molar-refractivity contribution in [3.8, 4) is 0 Å². The van der Waals surface area contributed by atoms with Crippen molar-refractivity contribution in [2.75, 3.05) is 6.61 Å². The van der Waals surface area contributed by atoms with E-state index in [2.05, 4.69) is 13.8 Å². The topological polar surface area (TPSA) is 40.5 Å². The highest BCUT2D eigenvalue weighted by atomic mass is 16.3. The van der Waals surface area contributed by atoms with Crippen molar-refractivity contribution in [2.24, 2.45) is 11.8 Å². The number of aliphatic hydroxyl groups is 2. The van der Waals surface area contributed by atoms with E-state index in [9.17, 15) is 5.11 Å². The molecule has 2 N–H and O–H groups in total. The molecule has 0 aliphatic heterocycles. The molecular weight excluding hydrogens is 128 g/mol. The van der Waals surface area contributed by atoms with Gasteiger partial charge in [0.2, 0.25) is 0 Å². The fourth-order valence-corrected chi connectivity index (χ4v) is 1.32. The van der Waals surface area contributed by atoms with Gasteiger partial charge < -0.3 is 10.2 Å². The number of aliphatic hydroxyl groups excluding tert-OH is 2. The fourth-order valence-electron chi connectivity index (χ4n) is 1.32. The van der Waals surface area contributed by atoms with Gasteiger partial charge in [-0.2, -0.15) is 0 Å². The van der Waals surface area contributed by atoms with Crippen molar-refractivity contribution in [3.05, 3.63) is 0 Å². The van der Waals surface area contributed by atoms with Gasteiger partial charge in [0.05, 0.1) is 12.7 Å². The van der Waals surface area contributed by atoms with E-state index in [-0.39, 0.29) is 12.5 Å². The molecule has 0 aromatic carbocycles. The SMILES string of the molecule is CCC(C(C)C)[C@@H](O)CO. The lowest BCUT2D eigenvalue weighted by atomic mass is 9.88. The molecule has 0 aromatic heterocycles. The third kappa shape index (κ3) is 2.67. The minimum atomic E-state index is -0.537. The first kappa shape index (κ1) is 9.92. The van der Waals surface area contributed by atoms with Gasteiger partial charge in [-0.25, -0.2) is 0 Å². The van der Waals surface area contributed by atoms with Crippen LogP contribution >= 0.6 is 0 Å². The maximum absolute atomic E-state index is 9.24. The van der Waals surface area contributed by atoms with Crippen molar-refractivity contribution < 1.29 is 10.2 Å². The quantitative estimate of drug-likeness (QED) is 0.621. The van der Waals surface area contributed by atoms with Gasteiger partial charge in [0, 0.05) is 0 Å². The molecule has 0 radical (unpaired) electrons. The van der Waals surface area contributed by atoms with Gasteiger partial charge >= 0.3 is 0 Å². The first-order valence-corrected chi connectivity index (χ1v) is 3.92. The molecule has 1 unspecified atom stereocenters. The first-order valence-electron chi connectivity index (χ1n) is 3.92. The van der Waals surface area contributed by atoms with Gasteiger partial charge in [-0.1, -0.05) is 27.2 Å². The molecule has 0 spiro atoms. The van der Waals surface area contributed by atoms with Gasteiger partial charge in [-0.3, -0.25) is 0 Å². The average molecular weight is 146 g/mol. The van der Waals surface area contributed by atoms with E-state index in [0.29, 0.717) is 5.92 Å². The van der Waals surface area contributed by atoms with Gasteiger partial charge in [-0.15, -0.1) is 0 Å². The second kappa shape index (κ2) is 4.69. The molecule has 2 atom stereocenters. The van der Waals surface area contributed by atoms with Crippen molar-refractivity contribution in [1.82, 2.24) is 0 Å². The van der Waals surface area contributed by atoms with E-state index in [1.165, 1.54) is 0 Å². The molecule has 0 aliphatic rings. The zero-order valence-corrected chi connectivity index (χ0v) is 7.04. The minimum Gasteiger partial charge on any atom is -0.394 e. The van der Waals surface area contributed by atoms with Gasteiger partial charge in [0.15, 0.2) is 0 Å². The Morgan fingerprint density at radius 2 is 1.80 bits per heavy atom. The lowest BCUT2D eigenvalue weighted by Gasteiger charge is -2.23.